The van der Waals surface area contributed by atoms with Gasteiger partial charge in [0.05, 0.1) is 0 Å². The van der Waals surface area contributed by atoms with Crippen LogP contribution in [0.2, 0.25) is 0 Å². The van der Waals surface area contributed by atoms with E-state index in [2.05, 4.69) is 53.6 Å². The minimum atomic E-state index is -0.0786. The molecule has 1 fully saturated rings. The van der Waals surface area contributed by atoms with Crippen molar-refractivity contribution >= 4 is 11.5 Å². The number of rotatable bonds is 2. The van der Waals surface area contributed by atoms with E-state index >= 15 is 0 Å². The molecule has 2 aromatic rings. The van der Waals surface area contributed by atoms with Gasteiger partial charge in [-0.1, -0.05) is 27.7 Å². The summed E-state index contributed by atoms with van der Waals surface area (Å²) in [5.74, 6) is 2.41. The summed E-state index contributed by atoms with van der Waals surface area (Å²) in [5, 5.41) is 20.1. The van der Waals surface area contributed by atoms with Crippen LogP contribution in [0.4, 0.5) is 5.82 Å². The van der Waals surface area contributed by atoms with Gasteiger partial charge in [-0.2, -0.15) is 4.52 Å². The van der Waals surface area contributed by atoms with Crippen molar-refractivity contribution in [1.29, 1.82) is 0 Å². The number of aromatic nitrogens is 4. The number of anilines is 1. The quantitative estimate of drug-likeness (QED) is 0.882. The van der Waals surface area contributed by atoms with E-state index in [1.54, 1.807) is 0 Å². The molecular weight excluding hydrogens is 264 g/mol. The van der Waals surface area contributed by atoms with Crippen molar-refractivity contribution in [3.8, 4) is 0 Å². The molecule has 1 saturated heterocycles. The van der Waals surface area contributed by atoms with Crippen molar-refractivity contribution in [3.63, 3.8) is 0 Å². The monoisotopic (exact) mass is 288 g/mol. The molecule has 114 valence electrons. The van der Waals surface area contributed by atoms with Crippen molar-refractivity contribution in [3.05, 3.63) is 18.0 Å². The fraction of sp³-hybridized carbons (Fsp3) is 0.667. The van der Waals surface area contributed by atoms with Crippen molar-refractivity contribution in [1.82, 2.24) is 25.1 Å². The minimum absolute atomic E-state index is 0.0786. The van der Waals surface area contributed by atoms with Gasteiger partial charge < -0.3 is 10.6 Å². The van der Waals surface area contributed by atoms with Crippen LogP contribution in [0.15, 0.2) is 12.1 Å². The van der Waals surface area contributed by atoms with E-state index in [1.807, 2.05) is 16.6 Å². The van der Waals surface area contributed by atoms with Gasteiger partial charge in [0.1, 0.15) is 5.82 Å². The molecule has 2 atom stereocenters. The smallest absolute Gasteiger partial charge is 0.178 e. The van der Waals surface area contributed by atoms with Gasteiger partial charge in [0.2, 0.25) is 0 Å². The molecule has 0 radical (unpaired) electrons. The normalized spacial score (nSPS) is 23.4. The summed E-state index contributed by atoms with van der Waals surface area (Å²) in [7, 11) is 0. The van der Waals surface area contributed by atoms with Crippen LogP contribution in [0.1, 0.15) is 39.9 Å². The van der Waals surface area contributed by atoms with Crippen LogP contribution < -0.4 is 10.6 Å². The number of nitrogens with zero attached hydrogens (tertiary/aromatic N) is 4. The minimum Gasteiger partial charge on any atom is -0.364 e. The molecule has 2 aromatic heterocycles. The second-order valence-corrected chi connectivity index (χ2v) is 6.98. The summed E-state index contributed by atoms with van der Waals surface area (Å²) in [6, 6.07) is 4.37. The Morgan fingerprint density at radius 3 is 2.81 bits per heavy atom. The van der Waals surface area contributed by atoms with Crippen LogP contribution in [0.5, 0.6) is 0 Å². The zero-order valence-corrected chi connectivity index (χ0v) is 13.2. The summed E-state index contributed by atoms with van der Waals surface area (Å²) < 4.78 is 1.85. The number of hydrogen-bond donors (Lipinski definition) is 2. The molecule has 6 nitrogen and oxygen atoms in total. The fourth-order valence-corrected chi connectivity index (χ4v) is 2.71. The Kier molecular flexibility index (Phi) is 3.57. The predicted molar refractivity (Wildman–Crippen MR) is 83.5 cm³/mol. The van der Waals surface area contributed by atoms with Crippen molar-refractivity contribution in [2.24, 2.45) is 5.92 Å². The fourth-order valence-electron chi connectivity index (χ4n) is 2.71. The lowest BCUT2D eigenvalue weighted by Crippen LogP contribution is -2.44. The third-order valence-corrected chi connectivity index (χ3v) is 4.09. The summed E-state index contributed by atoms with van der Waals surface area (Å²) in [4.78, 5) is 0. The topological polar surface area (TPSA) is 67.1 Å². The first-order chi connectivity index (χ1) is 9.95. The molecule has 3 heterocycles. The highest BCUT2D eigenvalue weighted by atomic mass is 15.4. The molecule has 0 aromatic carbocycles. The Morgan fingerprint density at radius 2 is 2.10 bits per heavy atom. The molecule has 2 N–H and O–H groups in total. The molecule has 21 heavy (non-hydrogen) atoms. The third-order valence-electron chi connectivity index (χ3n) is 4.09. The second kappa shape index (κ2) is 5.26. The van der Waals surface area contributed by atoms with Crippen LogP contribution in [0.3, 0.4) is 0 Å². The van der Waals surface area contributed by atoms with E-state index in [9.17, 15) is 0 Å². The van der Waals surface area contributed by atoms with E-state index in [-0.39, 0.29) is 5.41 Å². The molecule has 0 spiro atoms. The number of hydrogen-bond acceptors (Lipinski definition) is 5. The Bertz CT molecular complexity index is 627. The van der Waals surface area contributed by atoms with Crippen molar-refractivity contribution < 1.29 is 0 Å². The molecule has 6 heteroatoms. The molecule has 0 saturated carbocycles. The lowest BCUT2D eigenvalue weighted by molar-refractivity contribution is 0.365. The molecule has 0 aliphatic carbocycles. The highest BCUT2D eigenvalue weighted by Crippen LogP contribution is 2.21. The molecular formula is C15H24N6. The first-order valence-corrected chi connectivity index (χ1v) is 7.65. The SMILES string of the molecule is CC1CCNCC1Nc1ccc2nnc(C(C)(C)C)n2n1. The Balaban J connectivity index is 1.89. The molecule has 3 rings (SSSR count). The Labute approximate surface area is 125 Å². The second-order valence-electron chi connectivity index (χ2n) is 6.98. The number of piperidine rings is 1. The van der Waals surface area contributed by atoms with Gasteiger partial charge in [-0.15, -0.1) is 15.3 Å². The van der Waals surface area contributed by atoms with Gasteiger partial charge in [-0.3, -0.25) is 0 Å². The molecule has 1 aliphatic heterocycles. The Hall–Kier alpha value is -1.69. The van der Waals surface area contributed by atoms with E-state index in [0.29, 0.717) is 12.0 Å². The van der Waals surface area contributed by atoms with Crippen LogP contribution in [-0.2, 0) is 5.41 Å². The lowest BCUT2D eigenvalue weighted by Gasteiger charge is -2.30. The van der Waals surface area contributed by atoms with Gasteiger partial charge in [-0.25, -0.2) is 0 Å². The maximum atomic E-state index is 4.68. The molecule has 2 unspecified atom stereocenters. The van der Waals surface area contributed by atoms with E-state index in [1.165, 1.54) is 6.42 Å². The maximum Gasteiger partial charge on any atom is 0.178 e. The lowest BCUT2D eigenvalue weighted by atomic mass is 9.95. The summed E-state index contributed by atoms with van der Waals surface area (Å²) in [5.41, 5.74) is 0.713. The number of nitrogens with one attached hydrogen (secondary N) is 2. The average Bonchev–Trinajstić information content (AvgIpc) is 2.84. The van der Waals surface area contributed by atoms with Gasteiger partial charge in [0, 0.05) is 18.0 Å². The van der Waals surface area contributed by atoms with Crippen LogP contribution >= 0.6 is 0 Å². The van der Waals surface area contributed by atoms with Crippen LogP contribution in [-0.4, -0.2) is 38.9 Å². The van der Waals surface area contributed by atoms with Gasteiger partial charge >= 0.3 is 0 Å². The molecule has 1 aliphatic rings. The van der Waals surface area contributed by atoms with E-state index in [4.69, 9.17) is 0 Å². The Morgan fingerprint density at radius 1 is 1.29 bits per heavy atom. The number of fused-ring (bicyclic) bond motifs is 1. The summed E-state index contributed by atoms with van der Waals surface area (Å²) in [6.45, 7) is 10.7. The zero-order chi connectivity index (χ0) is 15.0. The zero-order valence-electron chi connectivity index (χ0n) is 13.2. The largest absolute Gasteiger partial charge is 0.364 e. The highest BCUT2D eigenvalue weighted by Gasteiger charge is 2.23. The van der Waals surface area contributed by atoms with E-state index in [0.717, 1.165) is 30.4 Å². The van der Waals surface area contributed by atoms with Gasteiger partial charge in [0.15, 0.2) is 11.5 Å². The highest BCUT2D eigenvalue weighted by molar-refractivity contribution is 5.45. The van der Waals surface area contributed by atoms with Crippen LogP contribution in [0, 0.1) is 5.92 Å². The van der Waals surface area contributed by atoms with Gasteiger partial charge in [0.25, 0.3) is 0 Å². The first-order valence-electron chi connectivity index (χ1n) is 7.65. The van der Waals surface area contributed by atoms with E-state index < -0.39 is 0 Å². The molecule has 0 bridgehead atoms. The maximum absolute atomic E-state index is 4.68. The third kappa shape index (κ3) is 2.85. The molecule has 0 amide bonds. The van der Waals surface area contributed by atoms with Crippen LogP contribution in [0.25, 0.3) is 5.65 Å². The average molecular weight is 288 g/mol. The van der Waals surface area contributed by atoms with Crippen molar-refractivity contribution in [2.75, 3.05) is 18.4 Å². The van der Waals surface area contributed by atoms with Gasteiger partial charge in [-0.05, 0) is 31.0 Å². The summed E-state index contributed by atoms with van der Waals surface area (Å²) >= 11 is 0. The van der Waals surface area contributed by atoms with Crippen molar-refractivity contribution in [2.45, 2.75) is 45.6 Å². The first kappa shape index (κ1) is 14.3. The standard InChI is InChI=1S/C15H24N6/c1-10-7-8-16-9-11(10)17-12-5-6-13-18-19-14(15(2,3)4)21(13)20-12/h5-6,10-11,16H,7-9H2,1-4H3,(H,17,20). The predicted octanol–water partition coefficient (Wildman–Crippen LogP) is 1.83. The summed E-state index contributed by atoms with van der Waals surface area (Å²) in [6.07, 6.45) is 1.19.